The molecule has 2 unspecified atom stereocenters. The lowest BCUT2D eigenvalue weighted by molar-refractivity contribution is -0.104. The maximum atomic E-state index is 10.8. The highest BCUT2D eigenvalue weighted by atomic mass is 16.5. The standard InChI is InChI=1S/C6H10N4O2/c11-6-9-8-4-2-1-3-7-5(4)10(6)12/h4-5,7,12H,1-3H2. The number of rotatable bonds is 0. The van der Waals surface area contributed by atoms with E-state index in [1.54, 1.807) is 0 Å². The second-order valence-corrected chi connectivity index (χ2v) is 2.95. The molecule has 2 heterocycles. The lowest BCUT2D eigenvalue weighted by Gasteiger charge is -2.35. The van der Waals surface area contributed by atoms with Crippen LogP contribution in [0.25, 0.3) is 0 Å². The van der Waals surface area contributed by atoms with Crippen molar-refractivity contribution in [3.63, 3.8) is 0 Å². The van der Waals surface area contributed by atoms with Gasteiger partial charge in [0.15, 0.2) is 0 Å². The molecule has 0 aliphatic carbocycles. The molecule has 2 amide bonds. The third-order valence-corrected chi connectivity index (χ3v) is 2.15. The molecule has 2 atom stereocenters. The quantitative estimate of drug-likeness (QED) is 0.514. The van der Waals surface area contributed by atoms with Crippen molar-refractivity contribution in [3.8, 4) is 0 Å². The van der Waals surface area contributed by atoms with E-state index in [0.717, 1.165) is 19.4 Å². The molecule has 2 N–H and O–H groups in total. The minimum atomic E-state index is -0.689. The number of urea groups is 1. The molecule has 6 nitrogen and oxygen atoms in total. The number of azo groups is 1. The molecule has 0 radical (unpaired) electrons. The maximum absolute atomic E-state index is 10.8. The van der Waals surface area contributed by atoms with Crippen LogP contribution in [0.4, 0.5) is 4.79 Å². The van der Waals surface area contributed by atoms with Crippen molar-refractivity contribution in [2.45, 2.75) is 25.0 Å². The van der Waals surface area contributed by atoms with Crippen molar-refractivity contribution < 1.29 is 10.0 Å². The van der Waals surface area contributed by atoms with Crippen LogP contribution in [-0.2, 0) is 0 Å². The van der Waals surface area contributed by atoms with Gasteiger partial charge in [-0.1, -0.05) is 5.11 Å². The first-order valence-corrected chi connectivity index (χ1v) is 3.95. The number of nitrogens with one attached hydrogen (secondary N) is 1. The fraction of sp³-hybridized carbons (Fsp3) is 0.833. The van der Waals surface area contributed by atoms with Gasteiger partial charge in [-0.3, -0.25) is 10.5 Å². The molecule has 2 rings (SSSR count). The first-order chi connectivity index (χ1) is 5.79. The second-order valence-electron chi connectivity index (χ2n) is 2.95. The van der Waals surface area contributed by atoms with Gasteiger partial charge < -0.3 is 0 Å². The van der Waals surface area contributed by atoms with Gasteiger partial charge in [0.25, 0.3) is 0 Å². The van der Waals surface area contributed by atoms with Gasteiger partial charge in [0.05, 0.1) is 0 Å². The number of fused-ring (bicyclic) bond motifs is 1. The van der Waals surface area contributed by atoms with Gasteiger partial charge in [-0.05, 0) is 19.4 Å². The Kier molecular flexibility index (Phi) is 1.78. The molecule has 1 saturated heterocycles. The lowest BCUT2D eigenvalue weighted by Crippen LogP contribution is -2.57. The van der Waals surface area contributed by atoms with Crippen LogP contribution in [0.3, 0.4) is 0 Å². The zero-order chi connectivity index (χ0) is 8.55. The summed E-state index contributed by atoms with van der Waals surface area (Å²) in [6, 6.07) is -0.771. The molecule has 2 aliphatic rings. The predicted octanol–water partition coefficient (Wildman–Crippen LogP) is 0.342. The smallest absolute Gasteiger partial charge is 0.293 e. The van der Waals surface area contributed by atoms with Gasteiger partial charge in [-0.2, -0.15) is 10.2 Å². The highest BCUT2D eigenvalue weighted by Gasteiger charge is 2.35. The average Bonchev–Trinajstić information content (AvgIpc) is 2.12. The third kappa shape index (κ3) is 1.09. The summed E-state index contributed by atoms with van der Waals surface area (Å²) in [5, 5.41) is 20.0. The molecule has 0 saturated carbocycles. The molecule has 66 valence electrons. The average molecular weight is 170 g/mol. The summed E-state index contributed by atoms with van der Waals surface area (Å²) in [5.74, 6) is 0. The number of piperidine rings is 1. The van der Waals surface area contributed by atoms with Crippen molar-refractivity contribution in [3.05, 3.63) is 0 Å². The van der Waals surface area contributed by atoms with Crippen LogP contribution in [0.15, 0.2) is 10.2 Å². The molecule has 2 aliphatic heterocycles. The highest BCUT2D eigenvalue weighted by Crippen LogP contribution is 2.19. The van der Waals surface area contributed by atoms with E-state index < -0.39 is 6.03 Å². The number of hydroxylamine groups is 2. The fourth-order valence-electron chi connectivity index (χ4n) is 1.51. The summed E-state index contributed by atoms with van der Waals surface area (Å²) in [6.07, 6.45) is 1.50. The normalized spacial score (nSPS) is 35.1. The Balaban J connectivity index is 2.18. The van der Waals surface area contributed by atoms with Crippen LogP contribution in [0.1, 0.15) is 12.8 Å². The molecule has 0 spiro atoms. The van der Waals surface area contributed by atoms with Crippen LogP contribution in [0, 0.1) is 0 Å². The van der Waals surface area contributed by atoms with E-state index in [4.69, 9.17) is 0 Å². The third-order valence-electron chi connectivity index (χ3n) is 2.15. The van der Waals surface area contributed by atoms with Crippen LogP contribution in [0.2, 0.25) is 0 Å². The van der Waals surface area contributed by atoms with Crippen molar-refractivity contribution >= 4 is 6.03 Å². The Bertz CT molecular complexity index is 230. The number of hydrogen-bond donors (Lipinski definition) is 2. The van der Waals surface area contributed by atoms with Gasteiger partial charge in [0.2, 0.25) is 0 Å². The zero-order valence-corrected chi connectivity index (χ0v) is 6.47. The van der Waals surface area contributed by atoms with Gasteiger partial charge >= 0.3 is 6.03 Å². The topological polar surface area (TPSA) is 77.3 Å². The Morgan fingerprint density at radius 3 is 3.33 bits per heavy atom. The summed E-state index contributed by atoms with van der Waals surface area (Å²) in [6.45, 7) is 0.807. The molecule has 0 aromatic rings. The number of carbonyl (C=O) groups excluding carboxylic acids is 1. The van der Waals surface area contributed by atoms with E-state index in [9.17, 15) is 10.0 Å². The van der Waals surface area contributed by atoms with E-state index in [0.29, 0.717) is 5.06 Å². The molecule has 12 heavy (non-hydrogen) atoms. The van der Waals surface area contributed by atoms with E-state index in [1.165, 1.54) is 0 Å². The molecular weight excluding hydrogens is 160 g/mol. The van der Waals surface area contributed by atoms with Gasteiger partial charge in [0, 0.05) is 0 Å². The fourth-order valence-corrected chi connectivity index (χ4v) is 1.51. The summed E-state index contributed by atoms with van der Waals surface area (Å²) in [4.78, 5) is 10.8. The predicted molar refractivity (Wildman–Crippen MR) is 38.7 cm³/mol. The van der Waals surface area contributed by atoms with Crippen molar-refractivity contribution in [2.75, 3.05) is 6.54 Å². The number of carbonyl (C=O) groups is 1. The van der Waals surface area contributed by atoms with Crippen LogP contribution < -0.4 is 5.32 Å². The number of amides is 2. The molecular formula is C6H10N4O2. The van der Waals surface area contributed by atoms with E-state index in [1.807, 2.05) is 0 Å². The van der Waals surface area contributed by atoms with Gasteiger partial charge in [-0.25, -0.2) is 4.79 Å². The van der Waals surface area contributed by atoms with Gasteiger partial charge in [0.1, 0.15) is 12.2 Å². The molecule has 0 aromatic heterocycles. The Morgan fingerprint density at radius 1 is 1.67 bits per heavy atom. The van der Waals surface area contributed by atoms with Crippen molar-refractivity contribution in [1.82, 2.24) is 10.4 Å². The highest BCUT2D eigenvalue weighted by molar-refractivity contribution is 5.74. The Labute approximate surface area is 69.2 Å². The minimum absolute atomic E-state index is 0.0820. The Hall–Kier alpha value is -1.01. The summed E-state index contributed by atoms with van der Waals surface area (Å²) in [7, 11) is 0. The monoisotopic (exact) mass is 170 g/mol. The largest absolute Gasteiger partial charge is 0.387 e. The van der Waals surface area contributed by atoms with E-state index in [-0.39, 0.29) is 12.2 Å². The molecule has 0 aromatic carbocycles. The first kappa shape index (κ1) is 7.63. The second kappa shape index (κ2) is 2.80. The van der Waals surface area contributed by atoms with E-state index >= 15 is 0 Å². The molecule has 6 heteroatoms. The summed E-state index contributed by atoms with van der Waals surface area (Å²) >= 11 is 0. The van der Waals surface area contributed by atoms with Crippen LogP contribution >= 0.6 is 0 Å². The molecule has 0 bridgehead atoms. The van der Waals surface area contributed by atoms with Crippen LogP contribution in [-0.4, -0.2) is 35.1 Å². The molecule has 1 fully saturated rings. The van der Waals surface area contributed by atoms with Crippen molar-refractivity contribution in [2.24, 2.45) is 10.2 Å². The van der Waals surface area contributed by atoms with Gasteiger partial charge in [-0.15, -0.1) is 0 Å². The van der Waals surface area contributed by atoms with E-state index in [2.05, 4.69) is 15.5 Å². The lowest BCUT2D eigenvalue weighted by atomic mass is 10.0. The SMILES string of the molecule is O=C1N=NC2CCCNC2N1O. The zero-order valence-electron chi connectivity index (χ0n) is 6.47. The Morgan fingerprint density at radius 2 is 2.50 bits per heavy atom. The number of hydrogen-bond acceptors (Lipinski definition) is 4. The summed E-state index contributed by atoms with van der Waals surface area (Å²) in [5.41, 5.74) is 0. The minimum Gasteiger partial charge on any atom is -0.293 e. The van der Waals surface area contributed by atoms with Crippen molar-refractivity contribution in [1.29, 1.82) is 0 Å². The van der Waals surface area contributed by atoms with Crippen LogP contribution in [0.5, 0.6) is 0 Å². The summed E-state index contributed by atoms with van der Waals surface area (Å²) < 4.78 is 0. The number of nitrogens with zero attached hydrogens (tertiary/aromatic N) is 3. The first-order valence-electron chi connectivity index (χ1n) is 3.95. The maximum Gasteiger partial charge on any atom is 0.387 e.